The number of rotatable bonds is 4. The average molecular weight is 370 g/mol. The molecule has 0 fully saturated rings. The Hall–Kier alpha value is -2.34. The largest absolute Gasteiger partial charge is 0.332 e. The molecule has 0 bridgehead atoms. The first-order valence-corrected chi connectivity index (χ1v) is 9.41. The highest BCUT2D eigenvalue weighted by Crippen LogP contribution is 2.36. The van der Waals surface area contributed by atoms with E-state index in [1.165, 1.54) is 5.56 Å². The molecule has 0 saturated carbocycles. The Morgan fingerprint density at radius 2 is 1.78 bits per heavy atom. The second kappa shape index (κ2) is 7.00. The van der Waals surface area contributed by atoms with E-state index in [0.29, 0.717) is 18.7 Å². The number of carbonyl (C=O) groups excluding carboxylic acids is 2. The maximum atomic E-state index is 13.1. The van der Waals surface area contributed by atoms with Crippen LogP contribution in [-0.4, -0.2) is 67.4 Å². The van der Waals surface area contributed by atoms with E-state index in [2.05, 4.69) is 43.1 Å². The van der Waals surface area contributed by atoms with Gasteiger partial charge < -0.3 is 15.1 Å². The van der Waals surface area contributed by atoms with Crippen molar-refractivity contribution in [1.29, 1.82) is 0 Å². The molecule has 3 rings (SSSR count). The van der Waals surface area contributed by atoms with Crippen molar-refractivity contribution in [2.45, 2.75) is 32.2 Å². The summed E-state index contributed by atoms with van der Waals surface area (Å²) in [5.41, 5.74) is 3.74. The first-order chi connectivity index (χ1) is 12.6. The van der Waals surface area contributed by atoms with E-state index in [0.717, 1.165) is 17.8 Å². The summed E-state index contributed by atoms with van der Waals surface area (Å²) in [6.45, 7) is 8.44. The minimum atomic E-state index is -0.394. The molecule has 0 radical (unpaired) electrons. The zero-order valence-corrected chi connectivity index (χ0v) is 17.2. The van der Waals surface area contributed by atoms with Gasteiger partial charge in [-0.3, -0.25) is 9.69 Å². The van der Waals surface area contributed by atoms with E-state index in [1.54, 1.807) is 11.9 Å². The molecule has 0 aromatic heterocycles. The van der Waals surface area contributed by atoms with Crippen LogP contribution in [0, 0.1) is 0 Å². The molecule has 6 nitrogen and oxygen atoms in total. The van der Waals surface area contributed by atoms with E-state index in [4.69, 9.17) is 0 Å². The lowest BCUT2D eigenvalue weighted by molar-refractivity contribution is -0.125. The molecule has 1 aromatic carbocycles. The number of hydrogen-bond acceptors (Lipinski definition) is 3. The number of amides is 3. The maximum absolute atomic E-state index is 13.1. The lowest BCUT2D eigenvalue weighted by Gasteiger charge is -2.31. The van der Waals surface area contributed by atoms with Gasteiger partial charge in [0.2, 0.25) is 0 Å². The molecule has 2 aliphatic rings. The Labute approximate surface area is 161 Å². The third kappa shape index (κ3) is 3.72. The van der Waals surface area contributed by atoms with Crippen LogP contribution < -0.4 is 5.32 Å². The third-order valence-corrected chi connectivity index (χ3v) is 5.36. The van der Waals surface area contributed by atoms with Crippen LogP contribution in [0.25, 0.3) is 0 Å². The van der Waals surface area contributed by atoms with Crippen LogP contribution >= 0.6 is 0 Å². The van der Waals surface area contributed by atoms with Gasteiger partial charge in [0.15, 0.2) is 0 Å². The van der Waals surface area contributed by atoms with Crippen LogP contribution in [0.5, 0.6) is 0 Å². The lowest BCUT2D eigenvalue weighted by Crippen LogP contribution is -2.45. The summed E-state index contributed by atoms with van der Waals surface area (Å²) < 4.78 is 0. The van der Waals surface area contributed by atoms with Crippen molar-refractivity contribution >= 4 is 11.9 Å². The maximum Gasteiger partial charge on any atom is 0.322 e. The smallest absolute Gasteiger partial charge is 0.322 e. The van der Waals surface area contributed by atoms with Gasteiger partial charge in [-0.1, -0.05) is 45.0 Å². The predicted octanol–water partition coefficient (Wildman–Crippen LogP) is 2.34. The van der Waals surface area contributed by atoms with Gasteiger partial charge in [0, 0.05) is 20.1 Å². The molecule has 6 heteroatoms. The number of carbonyl (C=O) groups is 2. The molecule has 0 aliphatic carbocycles. The molecule has 3 amide bonds. The first-order valence-electron chi connectivity index (χ1n) is 9.41. The molecule has 27 heavy (non-hydrogen) atoms. The molecule has 1 aromatic rings. The summed E-state index contributed by atoms with van der Waals surface area (Å²) in [6.07, 6.45) is 0. The van der Waals surface area contributed by atoms with E-state index < -0.39 is 6.04 Å². The standard InChI is InChI=1S/C21H30N4O2/c1-21(2,3)15-9-7-14(8-10-15)18-17-16(24(6)20(27)22-18)13-25(19(17)26)12-11-23(4)5/h7-10,18H,11-13H2,1-6H3,(H,22,27). The highest BCUT2D eigenvalue weighted by Gasteiger charge is 2.42. The number of likely N-dealkylation sites (N-methyl/N-ethyl adjacent to an activating group) is 2. The minimum Gasteiger partial charge on any atom is -0.332 e. The Morgan fingerprint density at radius 3 is 2.33 bits per heavy atom. The summed E-state index contributed by atoms with van der Waals surface area (Å²) in [7, 11) is 5.71. The van der Waals surface area contributed by atoms with Crippen LogP contribution in [0.15, 0.2) is 35.5 Å². The van der Waals surface area contributed by atoms with Crippen LogP contribution in [0.2, 0.25) is 0 Å². The fraction of sp³-hybridized carbons (Fsp3) is 0.524. The van der Waals surface area contributed by atoms with Crippen molar-refractivity contribution < 1.29 is 9.59 Å². The summed E-state index contributed by atoms with van der Waals surface area (Å²) in [6, 6.07) is 7.66. The third-order valence-electron chi connectivity index (χ3n) is 5.36. The van der Waals surface area contributed by atoms with E-state index in [-0.39, 0.29) is 17.4 Å². The van der Waals surface area contributed by atoms with Gasteiger partial charge in [0.05, 0.1) is 23.9 Å². The number of urea groups is 1. The fourth-order valence-corrected chi connectivity index (χ4v) is 3.55. The fourth-order valence-electron chi connectivity index (χ4n) is 3.55. The molecule has 1 atom stereocenters. The van der Waals surface area contributed by atoms with Crippen molar-refractivity contribution in [2.75, 3.05) is 40.8 Å². The molecule has 1 unspecified atom stereocenters. The highest BCUT2D eigenvalue weighted by atomic mass is 16.2. The Bertz CT molecular complexity index is 774. The van der Waals surface area contributed by atoms with Gasteiger partial charge in [-0.15, -0.1) is 0 Å². The summed E-state index contributed by atoms with van der Waals surface area (Å²) in [5.74, 6) is 0.0172. The second-order valence-corrected chi connectivity index (χ2v) is 8.70. The quantitative estimate of drug-likeness (QED) is 0.885. The first kappa shape index (κ1) is 19.4. The van der Waals surface area contributed by atoms with Crippen molar-refractivity contribution in [2.24, 2.45) is 0 Å². The van der Waals surface area contributed by atoms with Crippen LogP contribution in [0.3, 0.4) is 0 Å². The zero-order valence-electron chi connectivity index (χ0n) is 17.2. The van der Waals surface area contributed by atoms with Gasteiger partial charge in [-0.05, 0) is 30.6 Å². The van der Waals surface area contributed by atoms with Gasteiger partial charge in [-0.2, -0.15) is 0 Å². The number of benzene rings is 1. The second-order valence-electron chi connectivity index (χ2n) is 8.70. The highest BCUT2D eigenvalue weighted by molar-refractivity contribution is 6.01. The van der Waals surface area contributed by atoms with Crippen LogP contribution in [0.1, 0.15) is 37.9 Å². The Balaban J connectivity index is 1.91. The zero-order chi connectivity index (χ0) is 19.9. The molecule has 0 spiro atoms. The number of hydrogen-bond donors (Lipinski definition) is 1. The van der Waals surface area contributed by atoms with Crippen molar-refractivity contribution in [1.82, 2.24) is 20.0 Å². The van der Waals surface area contributed by atoms with Crippen LogP contribution in [0.4, 0.5) is 4.79 Å². The SMILES string of the molecule is CN(C)CCN1CC2=C(C1=O)C(c1ccc(C(C)(C)C)cc1)NC(=O)N2C. The van der Waals surface area contributed by atoms with Gasteiger partial charge in [-0.25, -0.2) is 4.79 Å². The topological polar surface area (TPSA) is 55.9 Å². The van der Waals surface area contributed by atoms with Crippen LogP contribution in [-0.2, 0) is 10.2 Å². The Morgan fingerprint density at radius 1 is 1.15 bits per heavy atom. The van der Waals surface area contributed by atoms with E-state index in [1.807, 2.05) is 31.1 Å². The van der Waals surface area contributed by atoms with Gasteiger partial charge in [0.1, 0.15) is 0 Å². The van der Waals surface area contributed by atoms with Crippen molar-refractivity contribution in [3.63, 3.8) is 0 Å². The van der Waals surface area contributed by atoms with E-state index in [9.17, 15) is 9.59 Å². The molecule has 0 saturated heterocycles. The summed E-state index contributed by atoms with van der Waals surface area (Å²) in [4.78, 5) is 31.0. The van der Waals surface area contributed by atoms with E-state index >= 15 is 0 Å². The molecule has 2 heterocycles. The number of nitrogens with zero attached hydrogens (tertiary/aromatic N) is 3. The molecule has 2 aliphatic heterocycles. The van der Waals surface area contributed by atoms with Gasteiger partial charge >= 0.3 is 6.03 Å². The minimum absolute atomic E-state index is 0.0172. The predicted molar refractivity (Wildman–Crippen MR) is 106 cm³/mol. The molecule has 146 valence electrons. The monoisotopic (exact) mass is 370 g/mol. The normalized spacial score (nSPS) is 20.5. The summed E-state index contributed by atoms with van der Waals surface area (Å²) in [5, 5.41) is 3.00. The lowest BCUT2D eigenvalue weighted by atomic mass is 9.85. The average Bonchev–Trinajstić information content (AvgIpc) is 2.93. The summed E-state index contributed by atoms with van der Waals surface area (Å²) >= 11 is 0. The molecule has 1 N–H and O–H groups in total. The Kier molecular flexibility index (Phi) is 5.04. The van der Waals surface area contributed by atoms with Crippen molar-refractivity contribution in [3.05, 3.63) is 46.7 Å². The van der Waals surface area contributed by atoms with Crippen molar-refractivity contribution in [3.8, 4) is 0 Å². The molecular weight excluding hydrogens is 340 g/mol. The number of nitrogens with one attached hydrogen (secondary N) is 1. The van der Waals surface area contributed by atoms with Gasteiger partial charge in [0.25, 0.3) is 5.91 Å². The molecular formula is C21H30N4O2.